The highest BCUT2D eigenvalue weighted by Crippen LogP contribution is 2.35. The number of aromatic nitrogens is 4. The van der Waals surface area contributed by atoms with Gasteiger partial charge in [-0.25, -0.2) is 19.9 Å². The van der Waals surface area contributed by atoms with Crippen LogP contribution >= 0.6 is 0 Å². The van der Waals surface area contributed by atoms with E-state index < -0.39 is 0 Å². The lowest BCUT2D eigenvalue weighted by atomic mass is 10.1. The van der Waals surface area contributed by atoms with Gasteiger partial charge in [-0.05, 0) is 57.5 Å². The van der Waals surface area contributed by atoms with Crippen molar-refractivity contribution in [3.05, 3.63) is 60.7 Å². The second kappa shape index (κ2) is 13.2. The minimum Gasteiger partial charge on any atom is -0.493 e. The van der Waals surface area contributed by atoms with Crippen LogP contribution in [-0.4, -0.2) is 84.4 Å². The van der Waals surface area contributed by atoms with E-state index in [4.69, 9.17) is 9.47 Å². The van der Waals surface area contributed by atoms with Crippen LogP contribution in [0, 0.1) is 6.92 Å². The van der Waals surface area contributed by atoms with Gasteiger partial charge >= 0.3 is 0 Å². The lowest BCUT2D eigenvalue weighted by Gasteiger charge is -2.35. The monoisotopic (exact) mass is 568 g/mol. The maximum Gasteiger partial charge on any atom is 0.225 e. The van der Waals surface area contributed by atoms with E-state index >= 15 is 0 Å². The van der Waals surface area contributed by atoms with Crippen molar-refractivity contribution in [2.75, 3.05) is 74.6 Å². The van der Waals surface area contributed by atoms with Gasteiger partial charge in [-0.15, -0.1) is 0 Å². The number of likely N-dealkylation sites (tertiary alicyclic amines) is 1. The van der Waals surface area contributed by atoms with Gasteiger partial charge < -0.3 is 29.5 Å². The summed E-state index contributed by atoms with van der Waals surface area (Å²) in [7, 11) is 1.69. The Morgan fingerprint density at radius 1 is 0.786 bits per heavy atom. The molecule has 0 unspecified atom stereocenters. The van der Waals surface area contributed by atoms with Gasteiger partial charge in [-0.1, -0.05) is 24.1 Å². The fourth-order valence-electron chi connectivity index (χ4n) is 5.70. The molecule has 2 aliphatic rings. The number of hydrogen-bond donors (Lipinski definition) is 1. The molecule has 0 bridgehead atoms. The van der Waals surface area contributed by atoms with E-state index in [1.165, 1.54) is 37.9 Å². The summed E-state index contributed by atoms with van der Waals surface area (Å²) in [6.07, 6.45) is 10.3. The molecule has 0 aliphatic carbocycles. The van der Waals surface area contributed by atoms with Crippen LogP contribution in [0.5, 0.6) is 11.5 Å². The maximum absolute atomic E-state index is 6.17. The molecule has 1 N–H and O–H groups in total. The molecule has 2 aliphatic heterocycles. The van der Waals surface area contributed by atoms with Gasteiger partial charge in [0.15, 0.2) is 11.5 Å². The molecule has 10 heteroatoms. The highest BCUT2D eigenvalue weighted by molar-refractivity contribution is 5.92. The second-order valence-corrected chi connectivity index (χ2v) is 11.1. The molecule has 2 aromatic carbocycles. The Balaban J connectivity index is 1.07. The fourth-order valence-corrected chi connectivity index (χ4v) is 5.70. The molecule has 6 rings (SSSR count). The van der Waals surface area contributed by atoms with Crippen LogP contribution in [0.2, 0.25) is 0 Å². The molecule has 2 saturated heterocycles. The summed E-state index contributed by atoms with van der Waals surface area (Å²) < 4.78 is 11.9. The normalized spacial score (nSPS) is 16.0. The number of anilines is 4. The Morgan fingerprint density at radius 2 is 1.52 bits per heavy atom. The van der Waals surface area contributed by atoms with Crippen molar-refractivity contribution in [2.24, 2.45) is 0 Å². The van der Waals surface area contributed by atoms with Crippen LogP contribution in [0.25, 0.3) is 10.9 Å². The highest BCUT2D eigenvalue weighted by Gasteiger charge is 2.23. The van der Waals surface area contributed by atoms with E-state index in [0.717, 1.165) is 78.9 Å². The molecule has 2 fully saturated rings. The van der Waals surface area contributed by atoms with Crippen LogP contribution in [-0.2, 0) is 0 Å². The van der Waals surface area contributed by atoms with E-state index in [-0.39, 0.29) is 0 Å². The van der Waals surface area contributed by atoms with Crippen molar-refractivity contribution in [3.63, 3.8) is 0 Å². The number of benzene rings is 2. The minimum absolute atomic E-state index is 0.656. The van der Waals surface area contributed by atoms with Crippen molar-refractivity contribution in [1.29, 1.82) is 0 Å². The summed E-state index contributed by atoms with van der Waals surface area (Å²) in [5.74, 6) is 3.09. The first-order valence-corrected chi connectivity index (χ1v) is 15.0. The number of nitrogens with one attached hydrogen (secondary N) is 1. The van der Waals surface area contributed by atoms with E-state index in [9.17, 15) is 0 Å². The number of rotatable bonds is 10. The van der Waals surface area contributed by atoms with Crippen LogP contribution in [0.15, 0.2) is 55.1 Å². The van der Waals surface area contributed by atoms with Crippen LogP contribution < -0.4 is 24.6 Å². The molecule has 0 saturated carbocycles. The molecule has 220 valence electrons. The predicted octanol–water partition coefficient (Wildman–Crippen LogP) is 5.06. The quantitative estimate of drug-likeness (QED) is 0.262. The largest absolute Gasteiger partial charge is 0.493 e. The molecule has 10 nitrogen and oxygen atoms in total. The molecule has 0 amide bonds. The summed E-state index contributed by atoms with van der Waals surface area (Å²) >= 11 is 0. The van der Waals surface area contributed by atoms with Crippen molar-refractivity contribution >= 4 is 34.0 Å². The Kier molecular flexibility index (Phi) is 8.79. The zero-order chi connectivity index (χ0) is 28.7. The van der Waals surface area contributed by atoms with E-state index in [0.29, 0.717) is 12.4 Å². The molecule has 42 heavy (non-hydrogen) atoms. The molecular formula is C32H40N8O2. The average Bonchev–Trinajstić information content (AvgIpc) is 3.04. The lowest BCUT2D eigenvalue weighted by Crippen LogP contribution is -2.47. The molecule has 4 aromatic rings. The summed E-state index contributed by atoms with van der Waals surface area (Å²) in [4.78, 5) is 25.5. The van der Waals surface area contributed by atoms with Crippen LogP contribution in [0.4, 0.5) is 23.1 Å². The summed E-state index contributed by atoms with van der Waals surface area (Å²) in [6, 6.07) is 12.3. The zero-order valence-corrected chi connectivity index (χ0v) is 24.6. The second-order valence-electron chi connectivity index (χ2n) is 11.1. The summed E-state index contributed by atoms with van der Waals surface area (Å²) in [6.45, 7) is 9.42. The first-order valence-electron chi connectivity index (χ1n) is 15.0. The van der Waals surface area contributed by atoms with E-state index in [1.807, 2.05) is 24.5 Å². The summed E-state index contributed by atoms with van der Waals surface area (Å²) in [5, 5.41) is 4.32. The fraction of sp³-hybridized carbons (Fsp3) is 0.438. The number of nitrogens with zero attached hydrogens (tertiary/aromatic N) is 7. The van der Waals surface area contributed by atoms with Gasteiger partial charge in [0, 0.05) is 49.9 Å². The van der Waals surface area contributed by atoms with Gasteiger partial charge in [-0.2, -0.15) is 0 Å². The standard InChI is InChI=1S/C32H40N8O2/c1-24-7-9-25(10-8-24)37-26-21-33-32(34-22-26)40-16-14-39(15-17-40)31-27-19-29(41-2)30(20-28(27)35-23-36-31)42-18-6-13-38-11-4-3-5-12-38/h7-10,19-23,37H,3-6,11-18H2,1-2H3. The molecule has 4 heterocycles. The van der Waals surface area contributed by atoms with Gasteiger partial charge in [-0.3, -0.25) is 0 Å². The van der Waals surface area contributed by atoms with E-state index in [1.54, 1.807) is 13.4 Å². The zero-order valence-electron chi connectivity index (χ0n) is 24.6. The number of piperazine rings is 1. The van der Waals surface area contributed by atoms with Crippen molar-refractivity contribution < 1.29 is 9.47 Å². The number of aryl methyl sites for hydroxylation is 1. The maximum atomic E-state index is 6.17. The SMILES string of the molecule is COc1cc2c(N3CCN(c4ncc(Nc5ccc(C)cc5)cn4)CC3)ncnc2cc1OCCCN1CCCCC1. The molecule has 0 atom stereocenters. The number of ether oxygens (including phenoxy) is 2. The topological polar surface area (TPSA) is 91.8 Å². The first-order chi connectivity index (χ1) is 20.7. The summed E-state index contributed by atoms with van der Waals surface area (Å²) in [5.41, 5.74) is 3.97. The lowest BCUT2D eigenvalue weighted by molar-refractivity contribution is 0.203. The number of hydrogen-bond acceptors (Lipinski definition) is 10. The first kappa shape index (κ1) is 28.0. The Bertz CT molecular complexity index is 1450. The van der Waals surface area contributed by atoms with Crippen LogP contribution in [0.3, 0.4) is 0 Å². The average molecular weight is 569 g/mol. The number of fused-ring (bicyclic) bond motifs is 1. The molecule has 0 spiro atoms. The van der Waals surface area contributed by atoms with Gasteiger partial charge in [0.05, 0.1) is 37.3 Å². The van der Waals surface area contributed by atoms with Crippen molar-refractivity contribution in [1.82, 2.24) is 24.8 Å². The Hall–Kier alpha value is -4.18. The third kappa shape index (κ3) is 6.65. The molecule has 2 aromatic heterocycles. The van der Waals surface area contributed by atoms with Gasteiger partial charge in [0.2, 0.25) is 5.95 Å². The third-order valence-electron chi connectivity index (χ3n) is 8.07. The third-order valence-corrected chi connectivity index (χ3v) is 8.07. The Morgan fingerprint density at radius 3 is 2.26 bits per heavy atom. The van der Waals surface area contributed by atoms with Gasteiger partial charge in [0.25, 0.3) is 0 Å². The van der Waals surface area contributed by atoms with Crippen molar-refractivity contribution in [3.8, 4) is 11.5 Å². The minimum atomic E-state index is 0.656. The number of methoxy groups -OCH3 is 1. The Labute approximate surface area is 247 Å². The number of piperidine rings is 1. The van der Waals surface area contributed by atoms with Gasteiger partial charge in [0.1, 0.15) is 12.1 Å². The molecule has 0 radical (unpaired) electrons. The smallest absolute Gasteiger partial charge is 0.225 e. The molecular weight excluding hydrogens is 528 g/mol. The predicted molar refractivity (Wildman–Crippen MR) is 167 cm³/mol. The van der Waals surface area contributed by atoms with E-state index in [2.05, 4.69) is 71.1 Å². The highest BCUT2D eigenvalue weighted by atomic mass is 16.5. The van der Waals surface area contributed by atoms with Crippen molar-refractivity contribution in [2.45, 2.75) is 32.6 Å². The van der Waals surface area contributed by atoms with Crippen LogP contribution in [0.1, 0.15) is 31.2 Å².